The average Bonchev–Trinajstić information content (AvgIpc) is 3.15. The van der Waals surface area contributed by atoms with E-state index in [0.717, 1.165) is 49.4 Å². The van der Waals surface area contributed by atoms with Crippen molar-refractivity contribution in [1.82, 2.24) is 4.90 Å². The fourth-order valence-corrected chi connectivity index (χ4v) is 3.75. The van der Waals surface area contributed by atoms with Crippen LogP contribution in [0.3, 0.4) is 0 Å². The number of aryl methyl sites for hydroxylation is 1. The molecule has 1 N–H and O–H groups in total. The first kappa shape index (κ1) is 19.0. The molecule has 0 spiro atoms. The van der Waals surface area contributed by atoms with Crippen molar-refractivity contribution in [3.05, 3.63) is 23.8 Å². The van der Waals surface area contributed by atoms with Crippen LogP contribution in [0.1, 0.15) is 57.4 Å². The molecule has 0 bridgehead atoms. The number of carbonyl (C=O) groups excluding carboxylic acids is 1. The lowest BCUT2D eigenvalue weighted by Gasteiger charge is -2.33. The van der Waals surface area contributed by atoms with Gasteiger partial charge in [-0.15, -0.1) is 0 Å². The molecule has 0 unspecified atom stereocenters. The van der Waals surface area contributed by atoms with Gasteiger partial charge >= 0.3 is 6.03 Å². The predicted octanol–water partition coefficient (Wildman–Crippen LogP) is 4.74. The topological polar surface area (TPSA) is 50.8 Å². The number of urea groups is 1. The van der Waals surface area contributed by atoms with Gasteiger partial charge in [-0.2, -0.15) is 0 Å². The number of rotatable bonds is 6. The van der Waals surface area contributed by atoms with Crippen molar-refractivity contribution in [1.29, 1.82) is 0 Å². The Bertz CT molecular complexity index is 591. The molecule has 1 aliphatic heterocycles. The molecule has 0 aromatic heterocycles. The summed E-state index contributed by atoms with van der Waals surface area (Å²) in [7, 11) is 0. The van der Waals surface area contributed by atoms with Crippen LogP contribution in [0.5, 0.6) is 5.75 Å². The summed E-state index contributed by atoms with van der Waals surface area (Å²) in [6.45, 7) is 6.25. The molecular weight excluding hydrogens is 328 g/mol. The highest BCUT2D eigenvalue weighted by Gasteiger charge is 2.27. The fourth-order valence-electron chi connectivity index (χ4n) is 3.75. The van der Waals surface area contributed by atoms with E-state index in [1.54, 1.807) is 0 Å². The number of nitrogens with one attached hydrogen (secondary N) is 1. The summed E-state index contributed by atoms with van der Waals surface area (Å²) >= 11 is 0. The van der Waals surface area contributed by atoms with E-state index in [0.29, 0.717) is 18.8 Å². The highest BCUT2D eigenvalue weighted by molar-refractivity contribution is 5.91. The van der Waals surface area contributed by atoms with Crippen LogP contribution < -0.4 is 10.1 Å². The number of likely N-dealkylation sites (tertiary alicyclic amines) is 1. The summed E-state index contributed by atoms with van der Waals surface area (Å²) in [4.78, 5) is 14.5. The molecular formula is C21H32N2O3. The van der Waals surface area contributed by atoms with Gasteiger partial charge in [0.2, 0.25) is 0 Å². The van der Waals surface area contributed by atoms with Crippen molar-refractivity contribution in [3.8, 4) is 5.75 Å². The van der Waals surface area contributed by atoms with Gasteiger partial charge in [-0.3, -0.25) is 0 Å². The van der Waals surface area contributed by atoms with Gasteiger partial charge in [0.15, 0.2) is 0 Å². The number of benzene rings is 1. The molecule has 2 amide bonds. The second kappa shape index (κ2) is 9.26. The van der Waals surface area contributed by atoms with Crippen molar-refractivity contribution in [2.24, 2.45) is 0 Å². The zero-order valence-electron chi connectivity index (χ0n) is 16.1. The van der Waals surface area contributed by atoms with Gasteiger partial charge in [0.05, 0.1) is 24.5 Å². The largest absolute Gasteiger partial charge is 0.491 e. The molecule has 2 fully saturated rings. The minimum atomic E-state index is -0.0467. The molecule has 1 aromatic carbocycles. The highest BCUT2D eigenvalue weighted by Crippen LogP contribution is 2.28. The summed E-state index contributed by atoms with van der Waals surface area (Å²) < 4.78 is 12.0. The number of amides is 2. The third kappa shape index (κ3) is 5.13. The SMILES string of the molecule is CCCOc1cc(C)ccc1NC(=O)N1CCC(OC2CCCC2)CC1. The second-order valence-corrected chi connectivity index (χ2v) is 7.51. The molecule has 3 rings (SSSR count). The second-order valence-electron chi connectivity index (χ2n) is 7.51. The van der Waals surface area contributed by atoms with Gasteiger partial charge in [-0.25, -0.2) is 4.79 Å². The zero-order valence-corrected chi connectivity index (χ0v) is 16.1. The lowest BCUT2D eigenvalue weighted by atomic mass is 10.1. The van der Waals surface area contributed by atoms with Crippen LogP contribution in [0.2, 0.25) is 0 Å². The van der Waals surface area contributed by atoms with Crippen LogP contribution >= 0.6 is 0 Å². The maximum atomic E-state index is 12.6. The first-order chi connectivity index (χ1) is 12.7. The first-order valence-electron chi connectivity index (χ1n) is 10.1. The van der Waals surface area contributed by atoms with Crippen LogP contribution in [0.15, 0.2) is 18.2 Å². The third-order valence-electron chi connectivity index (χ3n) is 5.26. The minimum absolute atomic E-state index is 0.0467. The normalized spacial score (nSPS) is 18.9. The van der Waals surface area contributed by atoms with E-state index in [4.69, 9.17) is 9.47 Å². The van der Waals surface area contributed by atoms with Crippen molar-refractivity contribution in [3.63, 3.8) is 0 Å². The van der Waals surface area contributed by atoms with Crippen LogP contribution in [0.25, 0.3) is 0 Å². The lowest BCUT2D eigenvalue weighted by molar-refractivity contribution is -0.0333. The van der Waals surface area contributed by atoms with Crippen LogP contribution in [0, 0.1) is 6.92 Å². The van der Waals surface area contributed by atoms with Gasteiger partial charge in [0.25, 0.3) is 0 Å². The lowest BCUT2D eigenvalue weighted by Crippen LogP contribution is -2.43. The van der Waals surface area contributed by atoms with Crippen molar-refractivity contribution >= 4 is 11.7 Å². The van der Waals surface area contributed by atoms with Crippen molar-refractivity contribution in [2.75, 3.05) is 25.0 Å². The predicted molar refractivity (Wildman–Crippen MR) is 104 cm³/mol. The Morgan fingerprint density at radius 3 is 2.54 bits per heavy atom. The summed E-state index contributed by atoms with van der Waals surface area (Å²) in [5.74, 6) is 0.750. The third-order valence-corrected chi connectivity index (χ3v) is 5.26. The molecule has 26 heavy (non-hydrogen) atoms. The Labute approximate surface area is 157 Å². The number of carbonyl (C=O) groups is 1. The number of anilines is 1. The minimum Gasteiger partial charge on any atom is -0.491 e. The molecule has 1 heterocycles. The molecule has 0 radical (unpaired) electrons. The number of ether oxygens (including phenoxy) is 2. The molecule has 1 saturated heterocycles. The maximum Gasteiger partial charge on any atom is 0.321 e. The Hall–Kier alpha value is -1.75. The quantitative estimate of drug-likeness (QED) is 0.797. The molecule has 2 aliphatic rings. The number of piperidine rings is 1. The van der Waals surface area contributed by atoms with E-state index >= 15 is 0 Å². The molecule has 1 aliphatic carbocycles. The fraction of sp³-hybridized carbons (Fsp3) is 0.667. The van der Waals surface area contributed by atoms with Gasteiger partial charge in [-0.1, -0.05) is 25.8 Å². The Morgan fingerprint density at radius 1 is 1.15 bits per heavy atom. The summed E-state index contributed by atoms with van der Waals surface area (Å²) in [5.41, 5.74) is 1.87. The van der Waals surface area contributed by atoms with E-state index in [-0.39, 0.29) is 6.03 Å². The van der Waals surface area contributed by atoms with Crippen molar-refractivity contribution < 1.29 is 14.3 Å². The Kier molecular flexibility index (Phi) is 6.78. The summed E-state index contributed by atoms with van der Waals surface area (Å²) in [6, 6.07) is 5.85. The van der Waals surface area contributed by atoms with E-state index in [2.05, 4.69) is 12.2 Å². The first-order valence-corrected chi connectivity index (χ1v) is 10.1. The van der Waals surface area contributed by atoms with E-state index < -0.39 is 0 Å². The average molecular weight is 360 g/mol. The molecule has 5 heteroatoms. The number of hydrogen-bond acceptors (Lipinski definition) is 3. The van der Waals surface area contributed by atoms with E-state index in [1.165, 1.54) is 25.7 Å². The van der Waals surface area contributed by atoms with Crippen molar-refractivity contribution in [2.45, 2.75) is 71.0 Å². The van der Waals surface area contributed by atoms with Gasteiger partial charge in [0.1, 0.15) is 5.75 Å². The van der Waals surface area contributed by atoms with Gasteiger partial charge in [-0.05, 0) is 56.7 Å². The van der Waals surface area contributed by atoms with E-state index in [9.17, 15) is 4.79 Å². The molecule has 144 valence electrons. The summed E-state index contributed by atoms with van der Waals surface area (Å²) in [5, 5.41) is 3.03. The standard InChI is InChI=1S/C21H32N2O3/c1-3-14-25-20-15-16(2)8-9-19(20)22-21(24)23-12-10-18(11-13-23)26-17-6-4-5-7-17/h8-9,15,17-18H,3-7,10-14H2,1-2H3,(H,22,24). The number of hydrogen-bond donors (Lipinski definition) is 1. The van der Waals surface area contributed by atoms with Gasteiger partial charge in [0, 0.05) is 13.1 Å². The number of nitrogens with zero attached hydrogens (tertiary/aromatic N) is 1. The smallest absolute Gasteiger partial charge is 0.321 e. The molecule has 0 atom stereocenters. The molecule has 1 aromatic rings. The summed E-state index contributed by atoms with van der Waals surface area (Å²) in [6.07, 6.45) is 8.55. The molecule has 5 nitrogen and oxygen atoms in total. The van der Waals surface area contributed by atoms with Crippen LogP contribution in [0.4, 0.5) is 10.5 Å². The highest BCUT2D eigenvalue weighted by atomic mass is 16.5. The maximum absolute atomic E-state index is 12.6. The van der Waals surface area contributed by atoms with Crippen LogP contribution in [-0.4, -0.2) is 42.8 Å². The van der Waals surface area contributed by atoms with E-state index in [1.807, 2.05) is 30.0 Å². The Balaban J connectivity index is 1.51. The molecule has 1 saturated carbocycles. The van der Waals surface area contributed by atoms with Gasteiger partial charge < -0.3 is 19.7 Å². The monoisotopic (exact) mass is 360 g/mol. The zero-order chi connectivity index (χ0) is 18.4. The van der Waals surface area contributed by atoms with Crippen LogP contribution in [-0.2, 0) is 4.74 Å². The Morgan fingerprint density at radius 2 is 1.85 bits per heavy atom.